The molecule has 0 radical (unpaired) electrons. The Labute approximate surface area is 183 Å². The van der Waals surface area contributed by atoms with Gasteiger partial charge in [-0.25, -0.2) is 0 Å². The molecular weight excluding hydrogens is 394 g/mol. The van der Waals surface area contributed by atoms with E-state index < -0.39 is 0 Å². The third-order valence-electron chi connectivity index (χ3n) is 6.39. The second kappa shape index (κ2) is 9.37. The molecule has 2 aliphatic heterocycles. The van der Waals surface area contributed by atoms with Crippen molar-refractivity contribution < 1.29 is 19.1 Å². The number of ether oxygens (including phenoxy) is 2. The van der Waals surface area contributed by atoms with Gasteiger partial charge in [0.2, 0.25) is 5.91 Å². The second-order valence-electron chi connectivity index (χ2n) is 8.11. The lowest BCUT2D eigenvalue weighted by molar-refractivity contribution is -0.137. The maximum atomic E-state index is 13.4. The highest BCUT2D eigenvalue weighted by Gasteiger charge is 2.36. The van der Waals surface area contributed by atoms with Crippen molar-refractivity contribution in [1.82, 2.24) is 14.8 Å². The van der Waals surface area contributed by atoms with E-state index >= 15 is 0 Å². The summed E-state index contributed by atoms with van der Waals surface area (Å²) in [6.07, 6.45) is 6.59. The van der Waals surface area contributed by atoms with Crippen LogP contribution >= 0.6 is 0 Å². The van der Waals surface area contributed by atoms with Crippen molar-refractivity contribution in [1.29, 1.82) is 0 Å². The molecule has 31 heavy (non-hydrogen) atoms. The van der Waals surface area contributed by atoms with Crippen LogP contribution in [-0.2, 0) is 4.79 Å². The number of rotatable bonds is 5. The first kappa shape index (κ1) is 21.2. The topological polar surface area (TPSA) is 72.0 Å². The van der Waals surface area contributed by atoms with Gasteiger partial charge in [-0.15, -0.1) is 0 Å². The number of nitrogens with zero attached hydrogens (tertiary/aromatic N) is 3. The molecule has 1 atom stereocenters. The van der Waals surface area contributed by atoms with E-state index in [1.807, 2.05) is 28.0 Å². The van der Waals surface area contributed by atoms with Crippen LogP contribution in [0.5, 0.6) is 11.5 Å². The number of benzene rings is 1. The van der Waals surface area contributed by atoms with Crippen LogP contribution in [0.3, 0.4) is 0 Å². The molecule has 0 N–H and O–H groups in total. The van der Waals surface area contributed by atoms with Crippen LogP contribution in [0, 0.1) is 5.92 Å². The van der Waals surface area contributed by atoms with E-state index in [-0.39, 0.29) is 23.8 Å². The average Bonchev–Trinajstić information content (AvgIpc) is 3.33. The van der Waals surface area contributed by atoms with Gasteiger partial charge in [0, 0.05) is 43.5 Å². The number of amides is 2. The van der Waals surface area contributed by atoms with E-state index in [9.17, 15) is 9.59 Å². The molecule has 2 aliphatic rings. The molecule has 164 valence electrons. The van der Waals surface area contributed by atoms with Gasteiger partial charge in [0.15, 0.2) is 11.5 Å². The monoisotopic (exact) mass is 423 g/mol. The lowest BCUT2D eigenvalue weighted by Gasteiger charge is -2.35. The van der Waals surface area contributed by atoms with E-state index in [0.29, 0.717) is 43.0 Å². The molecule has 3 heterocycles. The Hall–Kier alpha value is -3.09. The molecule has 2 fully saturated rings. The van der Waals surface area contributed by atoms with Crippen molar-refractivity contribution >= 4 is 11.8 Å². The molecule has 1 unspecified atom stereocenters. The van der Waals surface area contributed by atoms with Crippen LogP contribution in [0.25, 0.3) is 0 Å². The van der Waals surface area contributed by atoms with Crippen molar-refractivity contribution in [2.45, 2.75) is 31.7 Å². The predicted octanol–water partition coefficient (Wildman–Crippen LogP) is 3.31. The zero-order chi connectivity index (χ0) is 21.8. The van der Waals surface area contributed by atoms with Crippen LogP contribution in [0.4, 0.5) is 0 Å². The van der Waals surface area contributed by atoms with Crippen LogP contribution in [-0.4, -0.2) is 60.5 Å². The van der Waals surface area contributed by atoms with E-state index in [4.69, 9.17) is 9.47 Å². The normalized spacial score (nSPS) is 19.4. The van der Waals surface area contributed by atoms with Gasteiger partial charge in [-0.2, -0.15) is 0 Å². The largest absolute Gasteiger partial charge is 0.493 e. The molecule has 4 rings (SSSR count). The zero-order valence-corrected chi connectivity index (χ0v) is 18.1. The summed E-state index contributed by atoms with van der Waals surface area (Å²) in [6, 6.07) is 9.43. The van der Waals surface area contributed by atoms with Gasteiger partial charge in [-0.05, 0) is 55.5 Å². The number of carbonyl (C=O) groups excluding carboxylic acids is 2. The molecule has 0 spiro atoms. The summed E-state index contributed by atoms with van der Waals surface area (Å²) in [7, 11) is 3.24. The third-order valence-corrected chi connectivity index (χ3v) is 6.39. The molecule has 2 saturated heterocycles. The van der Waals surface area contributed by atoms with Crippen LogP contribution in [0.15, 0.2) is 42.7 Å². The summed E-state index contributed by atoms with van der Waals surface area (Å²) in [6.45, 7) is 1.98. The fourth-order valence-electron chi connectivity index (χ4n) is 4.68. The number of hydrogen-bond acceptors (Lipinski definition) is 5. The minimum absolute atomic E-state index is 0.0117. The lowest BCUT2D eigenvalue weighted by atomic mass is 9.93. The summed E-state index contributed by atoms with van der Waals surface area (Å²) in [5, 5.41) is 0. The number of piperidine rings is 1. The predicted molar refractivity (Wildman–Crippen MR) is 116 cm³/mol. The Morgan fingerprint density at radius 3 is 2.32 bits per heavy atom. The quantitative estimate of drug-likeness (QED) is 0.738. The number of pyridine rings is 1. The van der Waals surface area contributed by atoms with Crippen LogP contribution < -0.4 is 9.47 Å². The minimum atomic E-state index is -0.0396. The van der Waals surface area contributed by atoms with Crippen molar-refractivity contribution in [2.75, 3.05) is 33.9 Å². The first-order chi connectivity index (χ1) is 15.1. The molecule has 7 heteroatoms. The van der Waals surface area contributed by atoms with E-state index in [1.165, 1.54) is 0 Å². The molecular formula is C24H29N3O4. The fraction of sp³-hybridized carbons (Fsp3) is 0.458. The first-order valence-corrected chi connectivity index (χ1v) is 10.8. The van der Waals surface area contributed by atoms with Crippen molar-refractivity contribution in [3.8, 4) is 11.5 Å². The lowest BCUT2D eigenvalue weighted by Crippen LogP contribution is -2.44. The Balaban J connectivity index is 1.41. The zero-order valence-electron chi connectivity index (χ0n) is 18.1. The number of carbonyl (C=O) groups is 2. The Bertz CT molecular complexity index is 926. The fourth-order valence-corrected chi connectivity index (χ4v) is 4.68. The Morgan fingerprint density at radius 2 is 1.65 bits per heavy atom. The van der Waals surface area contributed by atoms with Gasteiger partial charge >= 0.3 is 0 Å². The number of likely N-dealkylation sites (tertiary alicyclic amines) is 2. The molecule has 7 nitrogen and oxygen atoms in total. The summed E-state index contributed by atoms with van der Waals surface area (Å²) < 4.78 is 10.8. The molecule has 2 aromatic rings. The SMILES string of the molecule is COc1ccc(C2CCCN2C(=O)C2CCN(C(=O)c3ccncc3)CC2)cc1OC. The number of aromatic nitrogens is 1. The van der Waals surface area contributed by atoms with E-state index in [2.05, 4.69) is 4.98 Å². The third kappa shape index (κ3) is 4.36. The summed E-state index contributed by atoms with van der Waals surface area (Å²) in [4.78, 5) is 33.9. The van der Waals surface area contributed by atoms with Gasteiger partial charge in [0.1, 0.15) is 0 Å². The van der Waals surface area contributed by atoms with E-state index in [1.54, 1.807) is 38.7 Å². The highest BCUT2D eigenvalue weighted by Crippen LogP contribution is 2.38. The van der Waals surface area contributed by atoms with Crippen molar-refractivity contribution in [3.63, 3.8) is 0 Å². The molecule has 0 saturated carbocycles. The molecule has 1 aromatic heterocycles. The van der Waals surface area contributed by atoms with Gasteiger partial charge in [-0.1, -0.05) is 6.07 Å². The minimum Gasteiger partial charge on any atom is -0.493 e. The highest BCUT2D eigenvalue weighted by molar-refractivity contribution is 5.94. The molecule has 0 aliphatic carbocycles. The molecule has 2 amide bonds. The van der Waals surface area contributed by atoms with Gasteiger partial charge in [0.25, 0.3) is 5.91 Å². The van der Waals surface area contributed by atoms with Crippen molar-refractivity contribution in [2.24, 2.45) is 5.92 Å². The summed E-state index contributed by atoms with van der Waals surface area (Å²) >= 11 is 0. The standard InChI is InChI=1S/C24H29N3O4/c1-30-21-6-5-19(16-22(21)31-2)20-4-3-13-27(20)24(29)18-9-14-26(15-10-18)23(28)17-7-11-25-12-8-17/h5-8,11-12,16,18,20H,3-4,9-10,13-15H2,1-2H3. The maximum absolute atomic E-state index is 13.4. The van der Waals surface area contributed by atoms with Crippen LogP contribution in [0.2, 0.25) is 0 Å². The van der Waals surface area contributed by atoms with Crippen LogP contribution in [0.1, 0.15) is 47.6 Å². The highest BCUT2D eigenvalue weighted by atomic mass is 16.5. The Morgan fingerprint density at radius 1 is 0.935 bits per heavy atom. The smallest absolute Gasteiger partial charge is 0.253 e. The average molecular weight is 424 g/mol. The van der Waals surface area contributed by atoms with Gasteiger partial charge in [0.05, 0.1) is 20.3 Å². The summed E-state index contributed by atoms with van der Waals surface area (Å²) in [5.41, 5.74) is 1.72. The number of hydrogen-bond donors (Lipinski definition) is 0. The second-order valence-corrected chi connectivity index (χ2v) is 8.11. The molecule has 0 bridgehead atoms. The number of methoxy groups -OCH3 is 2. The maximum Gasteiger partial charge on any atom is 0.253 e. The van der Waals surface area contributed by atoms with E-state index in [0.717, 1.165) is 24.9 Å². The van der Waals surface area contributed by atoms with Crippen molar-refractivity contribution in [3.05, 3.63) is 53.9 Å². The first-order valence-electron chi connectivity index (χ1n) is 10.8. The van der Waals surface area contributed by atoms with Gasteiger partial charge in [-0.3, -0.25) is 14.6 Å². The summed E-state index contributed by atoms with van der Waals surface area (Å²) in [5.74, 6) is 1.55. The Kier molecular flexibility index (Phi) is 6.39. The molecule has 1 aromatic carbocycles. The van der Waals surface area contributed by atoms with Gasteiger partial charge < -0.3 is 19.3 Å².